The van der Waals surface area contributed by atoms with Gasteiger partial charge in [0.25, 0.3) is 0 Å². The Morgan fingerprint density at radius 3 is 1.77 bits per heavy atom. The van der Waals surface area contributed by atoms with Crippen LogP contribution in [0.15, 0.2) is 54.4 Å². The van der Waals surface area contributed by atoms with Gasteiger partial charge in [0.05, 0.1) is 71.4 Å². The Bertz CT molecular complexity index is 2760. The number of hydrogen-bond donors (Lipinski definition) is 2. The number of nitrogens with zero attached hydrogens (tertiary/aromatic N) is 9. The monoisotopic (exact) mass is 1210 g/mol. The van der Waals surface area contributed by atoms with E-state index in [0.717, 1.165) is 12.8 Å². The van der Waals surface area contributed by atoms with Gasteiger partial charge in [-0.1, -0.05) is 58.6 Å². The molecule has 8 bridgehead atoms. The van der Waals surface area contributed by atoms with Crippen LogP contribution in [0.1, 0.15) is 152 Å². The first-order valence-corrected chi connectivity index (χ1v) is 27.7. The number of unbranched alkanes of at least 4 members (excludes halogenated alkanes) is 3. The number of carbonyl (C=O) groups excluding carboxylic acids is 7. The van der Waals surface area contributed by atoms with Crippen molar-refractivity contribution >= 4 is 58.9 Å². The molecule has 0 radical (unpaired) electrons. The standard InChI is InChI=1S/C57H84N8O14.2CN.Co/c1-33-47-35(19-21-41(67)74-9)52(3,4)38(61-47)30-39-57(73,26-24-44(70)77-12)55(7,31-40(66)59-27-17-15-16-18-28-60-65-58)50(62-39)34(2)48-36(20-22-42(68)75-10)54(6,32-46(72)79-14)56(8,64-48)51-37(29-45(71)78-13)53(5,49(33)63-51)25-23-43(69)76-11;2*1-2;/h30,35-37,51,73H,15-29,31-32H2,1-14H3,(H2,59,61,62,63,64,66);;;/q;2*-1;+3/p-1/t35-,36-,37+,51?,53-,54+,55-,56+,57+;;;/m1.../s1. The van der Waals surface area contributed by atoms with E-state index < -0.39 is 98.3 Å². The molecule has 0 aromatic rings. The van der Waals surface area contributed by atoms with Crippen molar-refractivity contribution in [3.63, 3.8) is 0 Å². The van der Waals surface area contributed by atoms with E-state index in [1.165, 1.54) is 42.7 Å². The number of fused-ring (bicyclic) bond motifs is 6. The summed E-state index contributed by atoms with van der Waals surface area (Å²) in [6.07, 6.45) is 3.41. The van der Waals surface area contributed by atoms with Gasteiger partial charge >= 0.3 is 52.6 Å². The van der Waals surface area contributed by atoms with E-state index in [2.05, 4.69) is 15.3 Å². The number of methoxy groups -OCH3 is 6. The molecule has 1 unspecified atom stereocenters. The maximum atomic E-state index is 14.6. The molecule has 24 nitrogen and oxygen atoms in total. The van der Waals surface area contributed by atoms with E-state index >= 15 is 0 Å². The van der Waals surface area contributed by atoms with Crippen molar-refractivity contribution in [2.45, 2.75) is 169 Å². The minimum Gasteiger partial charge on any atom is -0.682 e. The average Bonchev–Trinajstić information content (AvgIpc) is 1.59. The second kappa shape index (κ2) is 31.3. The number of nitrogens with one attached hydrogen (secondary N) is 1. The summed E-state index contributed by atoms with van der Waals surface area (Å²) in [5, 5.41) is 38.6. The third kappa shape index (κ3) is 14.9. The smallest absolute Gasteiger partial charge is 0.682 e. The number of carbonyl (C=O) groups is 7. The molecule has 9 atom stereocenters. The molecule has 0 aromatic carbocycles. The molecule has 5 rings (SSSR count). The summed E-state index contributed by atoms with van der Waals surface area (Å²) in [7, 11) is 7.69. The largest absolute Gasteiger partial charge is 3.00 e. The van der Waals surface area contributed by atoms with Gasteiger partial charge < -0.3 is 67.8 Å². The third-order valence-electron chi connectivity index (χ3n) is 18.3. The van der Waals surface area contributed by atoms with Crippen LogP contribution in [0.4, 0.5) is 0 Å². The second-order valence-electron chi connectivity index (χ2n) is 23.0. The number of rotatable bonds is 25. The van der Waals surface area contributed by atoms with Crippen molar-refractivity contribution in [1.29, 1.82) is 10.5 Å². The first kappa shape index (κ1) is 73.2. The molecule has 0 aromatic heterocycles. The Morgan fingerprint density at radius 2 is 1.23 bits per heavy atom. The molecule has 1 fully saturated rings. The molecule has 0 spiro atoms. The van der Waals surface area contributed by atoms with Crippen LogP contribution < -0.4 is 5.32 Å². The molecule has 84 heavy (non-hydrogen) atoms. The van der Waals surface area contributed by atoms with Gasteiger partial charge in [0.1, 0.15) is 5.60 Å². The Morgan fingerprint density at radius 1 is 0.702 bits per heavy atom. The van der Waals surface area contributed by atoms with Crippen LogP contribution in [0.5, 0.6) is 0 Å². The van der Waals surface area contributed by atoms with Gasteiger partial charge in [0, 0.05) is 96.3 Å². The van der Waals surface area contributed by atoms with Gasteiger partial charge in [0.15, 0.2) is 0 Å². The van der Waals surface area contributed by atoms with Crippen LogP contribution in [0.3, 0.4) is 0 Å². The van der Waals surface area contributed by atoms with Crippen molar-refractivity contribution in [2.24, 2.45) is 59.5 Å². The Hall–Kier alpha value is -6.92. The van der Waals surface area contributed by atoms with E-state index in [0.29, 0.717) is 59.9 Å². The molecule has 25 heteroatoms. The van der Waals surface area contributed by atoms with Crippen molar-refractivity contribution < 1.29 is 83.9 Å². The predicted octanol–water partition coefficient (Wildman–Crippen LogP) is 8.44. The molecule has 1 amide bonds. The van der Waals surface area contributed by atoms with Crippen molar-refractivity contribution in [3.8, 4) is 0 Å². The van der Waals surface area contributed by atoms with Gasteiger partial charge in [-0.3, -0.25) is 48.5 Å². The van der Waals surface area contributed by atoms with E-state index in [9.17, 15) is 38.7 Å². The number of amides is 1. The maximum Gasteiger partial charge on any atom is 3.00 e. The molecule has 2 N–H and O–H groups in total. The average molecular weight is 1220 g/mol. The molecular formula is C59H83CoN10O14. The van der Waals surface area contributed by atoms with Gasteiger partial charge in [-0.05, 0) is 93.4 Å². The quantitative estimate of drug-likeness (QED) is 0.0165. The van der Waals surface area contributed by atoms with Crippen LogP contribution >= 0.6 is 0 Å². The van der Waals surface area contributed by atoms with E-state index in [-0.39, 0.29) is 98.8 Å². The molecule has 5 heterocycles. The number of esters is 6. The zero-order valence-corrected chi connectivity index (χ0v) is 52.1. The molecule has 5 aliphatic heterocycles. The number of allylic oxidation sites excluding steroid dienone is 4. The maximum absolute atomic E-state index is 14.6. The van der Waals surface area contributed by atoms with E-state index in [4.69, 9.17) is 77.9 Å². The summed E-state index contributed by atoms with van der Waals surface area (Å²) >= 11 is 0. The topological polar surface area (TPSA) is 355 Å². The predicted molar refractivity (Wildman–Crippen MR) is 303 cm³/mol. The SMILES string of the molecule is COC(=O)CC[C@@H]1C2=NC(=C\C3=NC(=C(/C)C4=N[C@@](C)(C5[N-]/C(=C\2C)[C@](C)(CCC(=O)OC)[C@H]5CC(=O)OC)[C@@](C)(CC(=O)OC)[C@@H]4CCC(=O)OC)/[C@@](C)(CC(=O)NCCCCCCN=[N+]=[N-])[C@]3(O)CCC(=O)OC)/C1(C)C.[C-]#N.[C-]#N.[Co+3]. The van der Waals surface area contributed by atoms with Gasteiger partial charge in [-0.25, -0.2) is 0 Å². The fraction of sp³-hybridized carbons (Fsp3) is 0.695. The number of hydrogen-bond acceptors (Lipinski definition) is 20. The second-order valence-corrected chi connectivity index (χ2v) is 23.0. The zero-order chi connectivity index (χ0) is 62.9. The van der Waals surface area contributed by atoms with Gasteiger partial charge in [-0.2, -0.15) is 5.70 Å². The fourth-order valence-corrected chi connectivity index (χ4v) is 13.1. The van der Waals surface area contributed by atoms with Crippen molar-refractivity contribution in [3.05, 3.63) is 63.2 Å². The normalized spacial score (nSPS) is 29.9. The van der Waals surface area contributed by atoms with E-state index in [1.54, 1.807) is 19.9 Å². The van der Waals surface area contributed by atoms with Gasteiger partial charge in [-0.15, -0.1) is 0 Å². The fourth-order valence-electron chi connectivity index (χ4n) is 13.1. The molecule has 5 aliphatic rings. The number of aliphatic hydroxyl groups is 1. The molecule has 0 saturated carbocycles. The van der Waals surface area contributed by atoms with Crippen LogP contribution in [-0.2, 0) is 78.8 Å². The summed E-state index contributed by atoms with van der Waals surface area (Å²) in [4.78, 5) is 115. The molecular weight excluding hydrogens is 1130 g/mol. The van der Waals surface area contributed by atoms with Crippen LogP contribution in [-0.4, -0.2) is 137 Å². The summed E-state index contributed by atoms with van der Waals surface area (Å²) in [6, 6.07) is -0.968. The van der Waals surface area contributed by atoms with Crippen LogP contribution in [0, 0.1) is 63.1 Å². The Kier molecular flexibility index (Phi) is 27.3. The van der Waals surface area contributed by atoms with Gasteiger partial charge in [0.2, 0.25) is 5.91 Å². The molecule has 462 valence electrons. The first-order chi connectivity index (χ1) is 39.2. The minimum absolute atomic E-state index is 0. The first-order valence-electron chi connectivity index (χ1n) is 27.7. The minimum atomic E-state index is -2.09. The Balaban J connectivity index is 0.00000471. The zero-order valence-electron chi connectivity index (χ0n) is 51.0. The summed E-state index contributed by atoms with van der Waals surface area (Å²) < 4.78 is 31.5. The Labute approximate surface area is 503 Å². The van der Waals surface area contributed by atoms with Crippen molar-refractivity contribution in [2.75, 3.05) is 55.7 Å². The number of ether oxygens (including phenoxy) is 6. The van der Waals surface area contributed by atoms with E-state index in [1.807, 2.05) is 41.5 Å². The van der Waals surface area contributed by atoms with Crippen LogP contribution in [0.2, 0.25) is 0 Å². The third-order valence-corrected chi connectivity index (χ3v) is 18.3. The number of azide groups is 1. The summed E-state index contributed by atoms with van der Waals surface area (Å²) in [5.74, 6) is -5.79. The number of aliphatic imine (C=N–C) groups is 3. The summed E-state index contributed by atoms with van der Waals surface area (Å²) in [5.41, 5.74) is 3.38. The van der Waals surface area contributed by atoms with Crippen LogP contribution in [0.25, 0.3) is 15.8 Å². The molecule has 1 saturated heterocycles. The summed E-state index contributed by atoms with van der Waals surface area (Å²) in [6.45, 7) is 25.2. The van der Waals surface area contributed by atoms with Crippen molar-refractivity contribution in [1.82, 2.24) is 5.32 Å². The molecule has 0 aliphatic carbocycles.